The third-order valence-electron chi connectivity index (χ3n) is 2.96. The summed E-state index contributed by atoms with van der Waals surface area (Å²) in [6, 6.07) is 5.28. The van der Waals surface area contributed by atoms with E-state index in [4.69, 9.17) is 7.57 Å². The Morgan fingerprint density at radius 2 is 2.20 bits per heavy atom. The number of phenols is 1. The van der Waals surface area contributed by atoms with Crippen LogP contribution < -0.4 is 10.6 Å². The molecule has 2 N–H and O–H groups in total. The number of phenolic OH excluding ortho intramolecular Hbond substituents is 1. The molecule has 7 heteroatoms. The Balaban J connectivity index is 2.78. The molecule has 3 atom stereocenters. The Bertz CT molecular complexity index is 473. The fourth-order valence-electron chi connectivity index (χ4n) is 1.93. The van der Waals surface area contributed by atoms with Crippen LogP contribution in [0.25, 0.3) is 0 Å². The van der Waals surface area contributed by atoms with Crippen molar-refractivity contribution in [2.75, 3.05) is 7.11 Å². The van der Waals surface area contributed by atoms with Gasteiger partial charge in [-0.25, -0.2) is 0 Å². The number of aromatic hydroxyl groups is 1. The number of carbonyl (C=O) groups excluding carboxylic acids is 1. The molecule has 0 spiro atoms. The van der Waals surface area contributed by atoms with Crippen LogP contribution in [0.5, 0.6) is 5.75 Å². The van der Waals surface area contributed by atoms with Crippen molar-refractivity contribution in [3.05, 3.63) is 23.8 Å². The predicted molar refractivity (Wildman–Crippen MR) is 92.1 cm³/mol. The lowest BCUT2D eigenvalue weighted by atomic mass is 10.1. The lowest BCUT2D eigenvalue weighted by Crippen LogP contribution is -2.31. The molecule has 1 rings (SSSR count). The van der Waals surface area contributed by atoms with Gasteiger partial charge in [0, 0.05) is 17.6 Å². The zero-order valence-electron chi connectivity index (χ0n) is 11.8. The Morgan fingerprint density at radius 1 is 1.55 bits per heavy atom. The van der Waals surface area contributed by atoms with Gasteiger partial charge in [0.2, 0.25) is 0 Å². The third-order valence-corrected chi connectivity index (χ3v) is 5.40. The molecular weight excluding hydrogens is 387 g/mol. The van der Waals surface area contributed by atoms with Crippen LogP contribution in [0.2, 0.25) is 0 Å². The van der Waals surface area contributed by atoms with Gasteiger partial charge < -0.3 is 15.2 Å². The van der Waals surface area contributed by atoms with Crippen molar-refractivity contribution in [1.82, 2.24) is 5.32 Å². The van der Waals surface area contributed by atoms with Crippen molar-refractivity contribution in [1.29, 1.82) is 0 Å². The highest BCUT2D eigenvalue weighted by Gasteiger charge is 2.16. The van der Waals surface area contributed by atoms with Crippen LogP contribution in [0.15, 0.2) is 18.2 Å². The van der Waals surface area contributed by atoms with Gasteiger partial charge >= 0.3 is 5.97 Å². The second kappa shape index (κ2) is 8.20. The zero-order chi connectivity index (χ0) is 15.3. The number of ether oxygens (including phenoxy) is 1. The maximum Gasteiger partial charge on any atom is 0.307 e. The average molecular weight is 405 g/mol. The molecule has 0 saturated carbocycles. The molecule has 0 aliphatic heterocycles. The summed E-state index contributed by atoms with van der Waals surface area (Å²) >= 11 is 2.19. The summed E-state index contributed by atoms with van der Waals surface area (Å²) in [5.41, 5.74) is 0.0571. The second-order valence-electron chi connectivity index (χ2n) is 4.62. The van der Waals surface area contributed by atoms with Gasteiger partial charge in [-0.3, -0.25) is 4.79 Å². The molecule has 4 nitrogen and oxygen atoms in total. The van der Waals surface area contributed by atoms with Crippen molar-refractivity contribution < 1.29 is 14.6 Å². The fourth-order valence-corrected chi connectivity index (χ4v) is 3.31. The van der Waals surface area contributed by atoms with E-state index < -0.39 is 5.44 Å². The first-order valence-electron chi connectivity index (χ1n) is 6.21. The molecule has 0 saturated heterocycles. The first-order valence-corrected chi connectivity index (χ1v) is 10.4. The number of carbonyl (C=O) groups is 1. The van der Waals surface area contributed by atoms with E-state index in [0.29, 0.717) is 0 Å². The lowest BCUT2D eigenvalue weighted by molar-refractivity contribution is -0.141. The van der Waals surface area contributed by atoms with E-state index in [-0.39, 0.29) is 30.2 Å². The van der Waals surface area contributed by atoms with Crippen molar-refractivity contribution in [3.63, 3.8) is 0 Å². The van der Waals surface area contributed by atoms with Gasteiger partial charge in [-0.05, 0) is 31.3 Å². The molecule has 2 radical (unpaired) electrons. The number of halogens is 1. The molecule has 0 aliphatic carbocycles. The number of rotatable bonds is 6. The molecule has 0 amide bonds. The number of nitrogens with one attached hydrogen (secondary N) is 1. The quantitative estimate of drug-likeness (QED) is 0.331. The van der Waals surface area contributed by atoms with Gasteiger partial charge in [-0.2, -0.15) is 0 Å². The Labute approximate surface area is 135 Å². The van der Waals surface area contributed by atoms with E-state index >= 15 is 0 Å². The van der Waals surface area contributed by atoms with Crippen LogP contribution in [-0.4, -0.2) is 31.8 Å². The minimum Gasteiger partial charge on any atom is -0.508 e. The number of esters is 1. The number of methoxy groups -OCH3 is 1. The van der Waals surface area contributed by atoms with E-state index in [1.165, 1.54) is 7.11 Å². The second-order valence-corrected chi connectivity index (χ2v) is 8.88. The molecular formula is C13H18BINO3P. The van der Waals surface area contributed by atoms with Crippen LogP contribution in [0.4, 0.5) is 0 Å². The standard InChI is InChI=1S/C13H18BINO3P/c1-8(6-13(18)19-3)16-9(2)11-7-10(20(14)15)4-5-12(11)17/h4-5,7-9,16-17H,6H2,1-3H3. The first kappa shape index (κ1) is 17.7. The molecule has 0 aliphatic rings. The topological polar surface area (TPSA) is 58.6 Å². The summed E-state index contributed by atoms with van der Waals surface area (Å²) in [5, 5.41) is 14.2. The van der Waals surface area contributed by atoms with Crippen molar-refractivity contribution >= 4 is 46.3 Å². The highest BCUT2D eigenvalue weighted by molar-refractivity contribution is 14.2. The van der Waals surface area contributed by atoms with Crippen molar-refractivity contribution in [2.45, 2.75) is 32.4 Å². The Morgan fingerprint density at radius 3 is 2.75 bits per heavy atom. The number of hydrogen-bond acceptors (Lipinski definition) is 4. The maximum absolute atomic E-state index is 11.2. The van der Waals surface area contributed by atoms with Gasteiger partial charge in [0.05, 0.1) is 13.5 Å². The first-order chi connectivity index (χ1) is 9.35. The Kier molecular flexibility index (Phi) is 7.27. The highest BCUT2D eigenvalue weighted by Crippen LogP contribution is 2.39. The van der Waals surface area contributed by atoms with Crippen LogP contribution in [0.3, 0.4) is 0 Å². The summed E-state index contributed by atoms with van der Waals surface area (Å²) in [7, 11) is 7.28. The zero-order valence-corrected chi connectivity index (χ0v) is 14.8. The molecule has 3 unspecified atom stereocenters. The minimum absolute atomic E-state index is 0.0421. The monoisotopic (exact) mass is 405 g/mol. The SMILES string of the molecule is [B]P(I)c1ccc(O)c(C(C)NC(C)CC(=O)OC)c1. The summed E-state index contributed by atoms with van der Waals surface area (Å²) in [4.78, 5) is 11.2. The molecule has 0 bridgehead atoms. The van der Waals surface area contributed by atoms with E-state index in [1.807, 2.05) is 26.0 Å². The maximum atomic E-state index is 11.2. The molecule has 0 fully saturated rings. The van der Waals surface area contributed by atoms with Crippen LogP contribution in [-0.2, 0) is 9.53 Å². The predicted octanol–water partition coefficient (Wildman–Crippen LogP) is 2.54. The molecule has 1 aromatic rings. The van der Waals surface area contributed by atoms with Gasteiger partial charge in [0.15, 0.2) is 0 Å². The average Bonchev–Trinajstić information content (AvgIpc) is 2.38. The van der Waals surface area contributed by atoms with Gasteiger partial charge in [-0.1, -0.05) is 33.5 Å². The van der Waals surface area contributed by atoms with E-state index in [1.54, 1.807) is 6.07 Å². The fraction of sp³-hybridized carbons (Fsp3) is 0.462. The molecule has 0 heterocycles. The molecule has 1 aromatic carbocycles. The van der Waals surface area contributed by atoms with Gasteiger partial charge in [-0.15, -0.1) is 0 Å². The summed E-state index contributed by atoms with van der Waals surface area (Å²) in [6.45, 7) is 3.85. The van der Waals surface area contributed by atoms with E-state index in [9.17, 15) is 9.90 Å². The lowest BCUT2D eigenvalue weighted by Gasteiger charge is -2.21. The summed E-state index contributed by atoms with van der Waals surface area (Å²) < 4.78 is 4.64. The van der Waals surface area contributed by atoms with Crippen molar-refractivity contribution in [3.8, 4) is 5.75 Å². The molecule has 108 valence electrons. The van der Waals surface area contributed by atoms with E-state index in [2.05, 4.69) is 32.1 Å². The van der Waals surface area contributed by atoms with Crippen LogP contribution in [0, 0.1) is 0 Å². The molecule has 0 aromatic heterocycles. The molecule has 20 heavy (non-hydrogen) atoms. The number of benzene rings is 1. The van der Waals surface area contributed by atoms with Crippen LogP contribution >= 0.6 is 27.5 Å². The highest BCUT2D eigenvalue weighted by atomic mass is 127. The van der Waals surface area contributed by atoms with E-state index in [0.717, 1.165) is 10.9 Å². The normalized spacial score (nSPS) is 15.4. The van der Waals surface area contributed by atoms with Crippen molar-refractivity contribution in [2.24, 2.45) is 0 Å². The minimum atomic E-state index is -0.729. The summed E-state index contributed by atoms with van der Waals surface area (Å²) in [5.74, 6) is -0.0276. The Hall–Kier alpha value is -0.325. The third kappa shape index (κ3) is 5.22. The van der Waals surface area contributed by atoms with Gasteiger partial charge in [0.25, 0.3) is 0 Å². The smallest absolute Gasteiger partial charge is 0.307 e. The van der Waals surface area contributed by atoms with Crippen LogP contribution in [0.1, 0.15) is 31.9 Å². The largest absolute Gasteiger partial charge is 0.508 e. The number of hydrogen-bond donors (Lipinski definition) is 2. The summed E-state index contributed by atoms with van der Waals surface area (Å²) in [6.07, 6.45) is 0.289. The van der Waals surface area contributed by atoms with Gasteiger partial charge in [0.1, 0.15) is 13.3 Å².